The number of Topliss-reactive ketones (excluding diaryl/α,β-unsaturated/α-hetero) is 1. The van der Waals surface area contributed by atoms with Gasteiger partial charge in [-0.15, -0.1) is 0 Å². The van der Waals surface area contributed by atoms with E-state index >= 15 is 0 Å². The second-order valence-electron chi connectivity index (χ2n) is 6.15. The zero-order chi connectivity index (χ0) is 17.3. The van der Waals surface area contributed by atoms with Crippen LogP contribution in [0, 0.1) is 5.41 Å². The predicted molar refractivity (Wildman–Crippen MR) is 77.6 cm³/mol. The molecule has 0 spiro atoms. The second kappa shape index (κ2) is 6.12. The van der Waals surface area contributed by atoms with Gasteiger partial charge in [0.2, 0.25) is 0 Å². The van der Waals surface area contributed by atoms with Crippen molar-refractivity contribution in [3.05, 3.63) is 34.9 Å². The Morgan fingerprint density at radius 3 is 2.36 bits per heavy atom. The Morgan fingerprint density at radius 1 is 1.36 bits per heavy atom. The number of hydrogen-bond acceptors (Lipinski definition) is 3. The Morgan fingerprint density at radius 2 is 1.91 bits per heavy atom. The number of hydrogen-bond donors (Lipinski definition) is 2. The van der Waals surface area contributed by atoms with Crippen molar-refractivity contribution >= 4 is 11.8 Å². The van der Waals surface area contributed by atoms with Crippen LogP contribution in [0.1, 0.15) is 34.1 Å². The van der Waals surface area contributed by atoms with E-state index < -0.39 is 34.8 Å². The summed E-state index contributed by atoms with van der Waals surface area (Å²) in [5, 5.41) is 19.5. The van der Waals surface area contributed by atoms with Crippen LogP contribution >= 0.6 is 0 Å². The molecule has 4 nitrogen and oxygen atoms in total. The minimum atomic E-state index is -2.96. The SMILES string of the molecule is CC(C=CC1(O)C(C)=C(C(F)F)C(=O)CC1(C)C)=CC(=O)O. The van der Waals surface area contributed by atoms with E-state index in [4.69, 9.17) is 5.11 Å². The zero-order valence-electron chi connectivity index (χ0n) is 13.0. The van der Waals surface area contributed by atoms with Gasteiger partial charge in [0.25, 0.3) is 6.43 Å². The number of halogens is 2. The smallest absolute Gasteiger partial charge is 0.328 e. The molecule has 1 rings (SSSR count). The third-order valence-electron chi connectivity index (χ3n) is 4.07. The third kappa shape index (κ3) is 3.32. The zero-order valence-corrected chi connectivity index (χ0v) is 13.0. The van der Waals surface area contributed by atoms with Crippen molar-refractivity contribution in [3.8, 4) is 0 Å². The van der Waals surface area contributed by atoms with Crippen LogP contribution in [0.3, 0.4) is 0 Å². The molecule has 2 N–H and O–H groups in total. The van der Waals surface area contributed by atoms with Gasteiger partial charge in [-0.25, -0.2) is 13.6 Å². The van der Waals surface area contributed by atoms with Crippen LogP contribution in [0.2, 0.25) is 0 Å². The Bertz CT molecular complexity index is 585. The van der Waals surface area contributed by atoms with Crippen molar-refractivity contribution in [2.75, 3.05) is 0 Å². The van der Waals surface area contributed by atoms with E-state index in [1.165, 1.54) is 26.0 Å². The molecule has 0 fully saturated rings. The molecule has 1 aliphatic carbocycles. The number of ketones is 1. The van der Waals surface area contributed by atoms with Crippen LogP contribution in [0.15, 0.2) is 34.9 Å². The molecular formula is C16H20F2O4. The second-order valence-corrected chi connectivity index (χ2v) is 6.15. The van der Waals surface area contributed by atoms with Crippen LogP contribution < -0.4 is 0 Å². The van der Waals surface area contributed by atoms with Crippen LogP contribution in [0.5, 0.6) is 0 Å². The van der Waals surface area contributed by atoms with Gasteiger partial charge in [0.05, 0.1) is 5.57 Å². The molecular weight excluding hydrogens is 294 g/mol. The topological polar surface area (TPSA) is 74.6 Å². The molecule has 0 radical (unpaired) electrons. The minimum absolute atomic E-state index is 0.0943. The van der Waals surface area contributed by atoms with Crippen molar-refractivity contribution in [2.24, 2.45) is 5.41 Å². The van der Waals surface area contributed by atoms with Crippen LogP contribution in [-0.4, -0.2) is 34.0 Å². The average molecular weight is 314 g/mol. The van der Waals surface area contributed by atoms with E-state index in [0.29, 0.717) is 5.57 Å². The Hall–Kier alpha value is -1.82. The molecule has 0 aromatic rings. The number of carboxylic acid groups (broad SMARTS) is 1. The lowest BCUT2D eigenvalue weighted by atomic mass is 9.62. The number of rotatable bonds is 4. The summed E-state index contributed by atoms with van der Waals surface area (Å²) in [6.07, 6.45) is 0.407. The fourth-order valence-electron chi connectivity index (χ4n) is 2.68. The normalized spacial score (nSPS) is 26.2. The lowest BCUT2D eigenvalue weighted by molar-refractivity contribution is -0.131. The molecule has 0 bridgehead atoms. The van der Waals surface area contributed by atoms with Gasteiger partial charge in [0.15, 0.2) is 5.78 Å². The lowest BCUT2D eigenvalue weighted by Gasteiger charge is -2.45. The Kier molecular flexibility index (Phi) is 5.07. The average Bonchev–Trinajstić information content (AvgIpc) is 2.32. The van der Waals surface area contributed by atoms with E-state index in [2.05, 4.69) is 0 Å². The number of allylic oxidation sites excluding steroid dienone is 3. The van der Waals surface area contributed by atoms with Crippen LogP contribution in [-0.2, 0) is 9.59 Å². The minimum Gasteiger partial charge on any atom is -0.478 e. The first-order valence-corrected chi connectivity index (χ1v) is 6.78. The molecule has 0 amide bonds. The van der Waals surface area contributed by atoms with E-state index in [1.54, 1.807) is 13.8 Å². The molecule has 0 saturated carbocycles. The van der Waals surface area contributed by atoms with E-state index in [1.807, 2.05) is 0 Å². The molecule has 0 aliphatic heterocycles. The van der Waals surface area contributed by atoms with Gasteiger partial charge in [-0.05, 0) is 31.1 Å². The molecule has 6 heteroatoms. The van der Waals surface area contributed by atoms with Crippen LogP contribution in [0.25, 0.3) is 0 Å². The molecule has 1 unspecified atom stereocenters. The first kappa shape index (κ1) is 18.2. The van der Waals surface area contributed by atoms with Gasteiger partial charge < -0.3 is 10.2 Å². The maximum absolute atomic E-state index is 13.1. The number of carboxylic acids is 1. The van der Waals surface area contributed by atoms with E-state index in [-0.39, 0.29) is 12.0 Å². The maximum Gasteiger partial charge on any atom is 0.328 e. The fourth-order valence-corrected chi connectivity index (χ4v) is 2.68. The predicted octanol–water partition coefficient (Wildman–Crippen LogP) is 2.89. The summed E-state index contributed by atoms with van der Waals surface area (Å²) in [7, 11) is 0. The summed E-state index contributed by atoms with van der Waals surface area (Å²) in [6, 6.07) is 0. The van der Waals surface area contributed by atoms with Crippen molar-refractivity contribution in [1.82, 2.24) is 0 Å². The summed E-state index contributed by atoms with van der Waals surface area (Å²) < 4.78 is 26.2. The highest BCUT2D eigenvalue weighted by molar-refractivity contribution is 5.99. The van der Waals surface area contributed by atoms with Crippen molar-refractivity contribution in [2.45, 2.75) is 46.1 Å². The largest absolute Gasteiger partial charge is 0.478 e. The summed E-state index contributed by atoms with van der Waals surface area (Å²) >= 11 is 0. The molecule has 22 heavy (non-hydrogen) atoms. The van der Waals surface area contributed by atoms with Gasteiger partial charge in [-0.1, -0.05) is 19.9 Å². The highest BCUT2D eigenvalue weighted by Crippen LogP contribution is 2.47. The van der Waals surface area contributed by atoms with E-state index in [9.17, 15) is 23.5 Å². The quantitative estimate of drug-likeness (QED) is 0.618. The lowest BCUT2D eigenvalue weighted by Crippen LogP contribution is -2.50. The Labute approximate surface area is 127 Å². The summed E-state index contributed by atoms with van der Waals surface area (Å²) in [4.78, 5) is 22.5. The molecule has 122 valence electrons. The summed E-state index contributed by atoms with van der Waals surface area (Å²) in [5.74, 6) is -1.82. The van der Waals surface area contributed by atoms with Crippen molar-refractivity contribution in [3.63, 3.8) is 0 Å². The molecule has 0 heterocycles. The number of alkyl halides is 2. The summed E-state index contributed by atoms with van der Waals surface area (Å²) in [6.45, 7) is 6.04. The standard InChI is InChI=1S/C16H20F2O4/c1-9(7-12(20)21)5-6-16(22)10(2)13(14(17)18)11(19)8-15(16,3)4/h5-7,14,22H,8H2,1-4H3,(H,20,21). The van der Waals surface area contributed by atoms with Crippen molar-refractivity contribution < 1.29 is 28.6 Å². The van der Waals surface area contributed by atoms with Crippen molar-refractivity contribution in [1.29, 1.82) is 0 Å². The van der Waals surface area contributed by atoms with Gasteiger partial charge in [-0.3, -0.25) is 4.79 Å². The first-order chi connectivity index (χ1) is 9.92. The summed E-state index contributed by atoms with van der Waals surface area (Å²) in [5.41, 5.74) is -3.14. The third-order valence-corrected chi connectivity index (χ3v) is 4.07. The van der Waals surface area contributed by atoms with E-state index in [0.717, 1.165) is 6.08 Å². The molecule has 1 aliphatic rings. The number of aliphatic hydroxyl groups is 1. The molecule has 0 saturated heterocycles. The number of aliphatic carboxylic acids is 1. The number of carbonyl (C=O) groups excluding carboxylic acids is 1. The van der Waals surface area contributed by atoms with Crippen LogP contribution in [0.4, 0.5) is 8.78 Å². The van der Waals surface area contributed by atoms with Gasteiger partial charge >= 0.3 is 5.97 Å². The molecule has 1 atom stereocenters. The first-order valence-electron chi connectivity index (χ1n) is 6.78. The van der Waals surface area contributed by atoms with Gasteiger partial charge in [-0.2, -0.15) is 0 Å². The van der Waals surface area contributed by atoms with Gasteiger partial charge in [0.1, 0.15) is 5.60 Å². The Balaban J connectivity index is 3.41. The van der Waals surface area contributed by atoms with Gasteiger partial charge in [0, 0.05) is 17.9 Å². The monoisotopic (exact) mass is 314 g/mol. The fraction of sp³-hybridized carbons (Fsp3) is 0.500. The highest BCUT2D eigenvalue weighted by atomic mass is 19.3. The number of carbonyl (C=O) groups is 2. The maximum atomic E-state index is 13.1. The molecule has 0 aromatic heterocycles. The highest BCUT2D eigenvalue weighted by Gasteiger charge is 2.50. The molecule has 0 aromatic carbocycles.